The summed E-state index contributed by atoms with van der Waals surface area (Å²) in [6, 6.07) is 5.42. The zero-order chi connectivity index (χ0) is 12.7. The van der Waals surface area contributed by atoms with E-state index in [1.165, 1.54) is 24.3 Å². The Bertz CT molecular complexity index is 414. The van der Waals surface area contributed by atoms with Gasteiger partial charge in [-0.25, -0.2) is 9.59 Å². The van der Waals surface area contributed by atoms with Crippen molar-refractivity contribution in [1.82, 2.24) is 5.32 Å². The number of rotatable bonds is 4. The molecule has 1 rings (SSSR count). The number of urea groups is 1. The van der Waals surface area contributed by atoms with E-state index in [0.29, 0.717) is 5.69 Å². The molecular weight excluding hydrogens is 224 g/mol. The number of aromatic hydroxyl groups is 1. The number of anilines is 1. The molecule has 0 atom stereocenters. The first-order valence-corrected chi connectivity index (χ1v) is 4.75. The summed E-state index contributed by atoms with van der Waals surface area (Å²) in [5.41, 5.74) is 0.510. The van der Waals surface area contributed by atoms with Gasteiger partial charge in [0.05, 0.1) is 0 Å². The van der Waals surface area contributed by atoms with E-state index in [1.54, 1.807) is 0 Å². The van der Waals surface area contributed by atoms with Crippen LogP contribution in [0.15, 0.2) is 36.9 Å². The van der Waals surface area contributed by atoms with Crippen molar-refractivity contribution in [3.63, 3.8) is 0 Å². The fourth-order valence-electron chi connectivity index (χ4n) is 0.952. The summed E-state index contributed by atoms with van der Waals surface area (Å²) in [4.78, 5) is 21.9. The van der Waals surface area contributed by atoms with Crippen molar-refractivity contribution >= 4 is 17.7 Å². The molecule has 3 N–H and O–H groups in total. The molecule has 90 valence electrons. The van der Waals surface area contributed by atoms with Crippen molar-refractivity contribution in [2.45, 2.75) is 0 Å². The number of phenolic OH excluding ortho intramolecular Hbond substituents is 1. The maximum absolute atomic E-state index is 11.3. The molecule has 0 heterocycles. The monoisotopic (exact) mass is 236 g/mol. The molecule has 0 radical (unpaired) electrons. The number of ether oxygens (including phenoxy) is 1. The highest BCUT2D eigenvalue weighted by Crippen LogP contribution is 2.13. The quantitative estimate of drug-likeness (QED) is 0.317. The summed E-state index contributed by atoms with van der Waals surface area (Å²) in [7, 11) is 0. The second kappa shape index (κ2) is 6.16. The average Bonchev–Trinajstić information content (AvgIpc) is 2.32. The maximum atomic E-state index is 11.3. The molecule has 6 nitrogen and oxygen atoms in total. The highest BCUT2D eigenvalue weighted by Gasteiger charge is 2.02. The number of esters is 1. The Morgan fingerprint density at radius 3 is 2.59 bits per heavy atom. The van der Waals surface area contributed by atoms with Gasteiger partial charge in [0.25, 0.3) is 0 Å². The van der Waals surface area contributed by atoms with Gasteiger partial charge in [-0.05, 0) is 24.3 Å². The largest absolute Gasteiger partial charge is 0.508 e. The van der Waals surface area contributed by atoms with Crippen LogP contribution in [0.4, 0.5) is 10.5 Å². The molecule has 0 saturated heterocycles. The molecule has 6 heteroatoms. The number of nitrogens with one attached hydrogen (secondary N) is 2. The van der Waals surface area contributed by atoms with Gasteiger partial charge in [-0.2, -0.15) is 0 Å². The summed E-state index contributed by atoms with van der Waals surface area (Å²) in [5, 5.41) is 13.8. The average molecular weight is 236 g/mol. The molecule has 0 spiro atoms. The van der Waals surface area contributed by atoms with E-state index in [4.69, 9.17) is 5.11 Å². The third-order valence-corrected chi connectivity index (χ3v) is 1.74. The summed E-state index contributed by atoms with van der Waals surface area (Å²) < 4.78 is 4.55. The molecule has 0 aliphatic carbocycles. The fourth-order valence-corrected chi connectivity index (χ4v) is 0.952. The number of carbonyl (C=O) groups excluding carboxylic acids is 2. The summed E-state index contributed by atoms with van der Waals surface area (Å²) >= 11 is 0. The van der Waals surface area contributed by atoms with Gasteiger partial charge in [-0.3, -0.25) is 0 Å². The predicted octanol–water partition coefficient (Wildman–Crippen LogP) is 1.20. The summed E-state index contributed by atoms with van der Waals surface area (Å²) in [6.07, 6.45) is 1.000. The number of hydrogen-bond acceptors (Lipinski definition) is 4. The maximum Gasteiger partial charge on any atom is 0.331 e. The van der Waals surface area contributed by atoms with Gasteiger partial charge in [-0.15, -0.1) is 0 Å². The van der Waals surface area contributed by atoms with Gasteiger partial charge >= 0.3 is 12.0 Å². The van der Waals surface area contributed by atoms with Crippen LogP contribution < -0.4 is 10.6 Å². The Hall–Kier alpha value is -2.50. The van der Waals surface area contributed by atoms with E-state index >= 15 is 0 Å². The lowest BCUT2D eigenvalue weighted by Gasteiger charge is -2.07. The van der Waals surface area contributed by atoms with Gasteiger partial charge in [0.15, 0.2) is 6.73 Å². The van der Waals surface area contributed by atoms with E-state index in [2.05, 4.69) is 21.9 Å². The van der Waals surface area contributed by atoms with E-state index in [-0.39, 0.29) is 12.5 Å². The van der Waals surface area contributed by atoms with Crippen molar-refractivity contribution < 1.29 is 19.4 Å². The minimum absolute atomic E-state index is 0.107. The Morgan fingerprint density at radius 1 is 1.35 bits per heavy atom. The molecule has 0 bridgehead atoms. The first kappa shape index (κ1) is 12.6. The molecule has 0 aromatic heterocycles. The lowest BCUT2D eigenvalue weighted by molar-refractivity contribution is -0.138. The normalized spacial score (nSPS) is 9.18. The SMILES string of the molecule is C=CC(=O)OCNC(=O)Nc1ccc(O)cc1. The van der Waals surface area contributed by atoms with Crippen LogP contribution in [-0.4, -0.2) is 23.8 Å². The fraction of sp³-hybridized carbons (Fsp3) is 0.0909. The van der Waals surface area contributed by atoms with Crippen LogP contribution in [0.25, 0.3) is 0 Å². The lowest BCUT2D eigenvalue weighted by Crippen LogP contribution is -2.31. The second-order valence-electron chi connectivity index (χ2n) is 2.99. The number of benzene rings is 1. The number of amides is 2. The standard InChI is InChI=1S/C11H12N2O4/c1-2-10(15)17-7-12-11(16)13-8-3-5-9(14)6-4-8/h2-6,14H,1,7H2,(H2,12,13,16). The zero-order valence-corrected chi connectivity index (χ0v) is 8.97. The minimum atomic E-state index is -0.616. The first-order valence-electron chi connectivity index (χ1n) is 4.75. The molecule has 0 aliphatic rings. The predicted molar refractivity (Wildman–Crippen MR) is 61.4 cm³/mol. The molecule has 0 saturated carbocycles. The highest BCUT2D eigenvalue weighted by molar-refractivity contribution is 5.89. The van der Waals surface area contributed by atoms with E-state index < -0.39 is 12.0 Å². The lowest BCUT2D eigenvalue weighted by atomic mass is 10.3. The molecule has 0 aliphatic heterocycles. The van der Waals surface area contributed by atoms with Gasteiger partial charge in [-0.1, -0.05) is 6.58 Å². The van der Waals surface area contributed by atoms with Crippen molar-refractivity contribution in [2.24, 2.45) is 0 Å². The van der Waals surface area contributed by atoms with Crippen molar-refractivity contribution in [2.75, 3.05) is 12.0 Å². The smallest absolute Gasteiger partial charge is 0.331 e. The van der Waals surface area contributed by atoms with Crippen LogP contribution in [0.2, 0.25) is 0 Å². The Morgan fingerprint density at radius 2 is 2.00 bits per heavy atom. The molecule has 1 aromatic carbocycles. The third kappa shape index (κ3) is 4.70. The molecule has 2 amide bonds. The third-order valence-electron chi connectivity index (χ3n) is 1.74. The molecule has 1 aromatic rings. The van der Waals surface area contributed by atoms with Gasteiger partial charge in [0, 0.05) is 11.8 Å². The highest BCUT2D eigenvalue weighted by atomic mass is 16.5. The van der Waals surface area contributed by atoms with E-state index in [9.17, 15) is 9.59 Å². The topological polar surface area (TPSA) is 87.7 Å². The number of carbonyl (C=O) groups is 2. The Balaban J connectivity index is 2.32. The second-order valence-corrected chi connectivity index (χ2v) is 2.99. The van der Waals surface area contributed by atoms with E-state index in [0.717, 1.165) is 6.08 Å². The first-order chi connectivity index (χ1) is 8.11. The van der Waals surface area contributed by atoms with Crippen LogP contribution in [0.5, 0.6) is 5.75 Å². The number of hydrogen-bond donors (Lipinski definition) is 3. The van der Waals surface area contributed by atoms with Crippen LogP contribution in [0, 0.1) is 0 Å². The Kier molecular flexibility index (Phi) is 4.56. The molecule has 17 heavy (non-hydrogen) atoms. The van der Waals surface area contributed by atoms with E-state index in [1.807, 2.05) is 0 Å². The van der Waals surface area contributed by atoms with Crippen LogP contribution in [-0.2, 0) is 9.53 Å². The van der Waals surface area contributed by atoms with Gasteiger partial charge in [0.1, 0.15) is 5.75 Å². The minimum Gasteiger partial charge on any atom is -0.508 e. The zero-order valence-electron chi connectivity index (χ0n) is 8.97. The van der Waals surface area contributed by atoms with Gasteiger partial charge in [0.2, 0.25) is 0 Å². The van der Waals surface area contributed by atoms with Crippen LogP contribution >= 0.6 is 0 Å². The van der Waals surface area contributed by atoms with Crippen LogP contribution in [0.1, 0.15) is 0 Å². The summed E-state index contributed by atoms with van der Waals surface area (Å²) in [6.45, 7) is 2.97. The summed E-state index contributed by atoms with van der Waals surface area (Å²) in [5.74, 6) is -0.509. The van der Waals surface area contributed by atoms with Crippen LogP contribution in [0.3, 0.4) is 0 Å². The van der Waals surface area contributed by atoms with Crippen molar-refractivity contribution in [1.29, 1.82) is 0 Å². The van der Waals surface area contributed by atoms with Gasteiger partial charge < -0.3 is 20.5 Å². The molecule has 0 fully saturated rings. The van der Waals surface area contributed by atoms with Crippen molar-refractivity contribution in [3.05, 3.63) is 36.9 Å². The Labute approximate surface area is 97.9 Å². The van der Waals surface area contributed by atoms with Crippen molar-refractivity contribution in [3.8, 4) is 5.75 Å². The number of phenols is 1. The molecule has 0 unspecified atom stereocenters. The molecular formula is C11H12N2O4.